The van der Waals surface area contributed by atoms with Gasteiger partial charge < -0.3 is 10.2 Å². The second-order valence-electron chi connectivity index (χ2n) is 4.31. The summed E-state index contributed by atoms with van der Waals surface area (Å²) in [5.41, 5.74) is 2.00. The van der Waals surface area contributed by atoms with Gasteiger partial charge in [0.15, 0.2) is 0 Å². The Bertz CT molecular complexity index is 525. The van der Waals surface area contributed by atoms with Crippen LogP contribution in [-0.2, 0) is 6.42 Å². The van der Waals surface area contributed by atoms with Crippen molar-refractivity contribution in [3.8, 4) is 5.75 Å². The predicted molar refractivity (Wildman–Crippen MR) is 73.1 cm³/mol. The molecule has 2 nitrogen and oxygen atoms in total. The standard InChI is InChI=1S/C15H15ClO2/c16-14-5-2-4-12(9-14)13(10-17)7-11-3-1-6-15(18)8-11/h1-6,8-9,13,17-18H,7,10H2. The van der Waals surface area contributed by atoms with Crippen molar-refractivity contribution in [2.24, 2.45) is 0 Å². The highest BCUT2D eigenvalue weighted by molar-refractivity contribution is 6.30. The van der Waals surface area contributed by atoms with Crippen LogP contribution in [0.3, 0.4) is 0 Å². The van der Waals surface area contributed by atoms with Crippen LogP contribution < -0.4 is 0 Å². The van der Waals surface area contributed by atoms with E-state index in [1.54, 1.807) is 18.2 Å². The van der Waals surface area contributed by atoms with E-state index in [0.29, 0.717) is 11.4 Å². The minimum Gasteiger partial charge on any atom is -0.508 e. The van der Waals surface area contributed by atoms with E-state index in [4.69, 9.17) is 11.6 Å². The fourth-order valence-electron chi connectivity index (χ4n) is 2.02. The SMILES string of the molecule is OCC(Cc1cccc(O)c1)c1cccc(Cl)c1. The van der Waals surface area contributed by atoms with E-state index in [1.807, 2.05) is 30.3 Å². The van der Waals surface area contributed by atoms with Gasteiger partial charge in [-0.15, -0.1) is 0 Å². The lowest BCUT2D eigenvalue weighted by molar-refractivity contribution is 0.264. The lowest BCUT2D eigenvalue weighted by Crippen LogP contribution is -2.07. The molecular formula is C15H15ClO2. The summed E-state index contributed by atoms with van der Waals surface area (Å²) in [4.78, 5) is 0. The monoisotopic (exact) mass is 262 g/mol. The zero-order chi connectivity index (χ0) is 13.0. The van der Waals surface area contributed by atoms with E-state index in [0.717, 1.165) is 11.1 Å². The van der Waals surface area contributed by atoms with Crippen LogP contribution in [0.1, 0.15) is 17.0 Å². The number of phenols is 1. The summed E-state index contributed by atoms with van der Waals surface area (Å²) in [7, 11) is 0. The van der Waals surface area contributed by atoms with Gasteiger partial charge in [-0.1, -0.05) is 35.9 Å². The smallest absolute Gasteiger partial charge is 0.115 e. The van der Waals surface area contributed by atoms with Crippen molar-refractivity contribution in [1.29, 1.82) is 0 Å². The van der Waals surface area contributed by atoms with Gasteiger partial charge in [0, 0.05) is 10.9 Å². The van der Waals surface area contributed by atoms with Crippen LogP contribution in [0, 0.1) is 0 Å². The molecule has 0 spiro atoms. The lowest BCUT2D eigenvalue weighted by atomic mass is 9.93. The molecule has 0 saturated carbocycles. The first-order valence-electron chi connectivity index (χ1n) is 5.83. The number of benzene rings is 2. The topological polar surface area (TPSA) is 40.5 Å². The van der Waals surface area contributed by atoms with E-state index in [2.05, 4.69) is 0 Å². The first-order valence-corrected chi connectivity index (χ1v) is 6.21. The molecular weight excluding hydrogens is 248 g/mol. The summed E-state index contributed by atoms with van der Waals surface area (Å²) < 4.78 is 0. The second-order valence-corrected chi connectivity index (χ2v) is 4.74. The Balaban J connectivity index is 2.19. The highest BCUT2D eigenvalue weighted by Gasteiger charge is 2.12. The van der Waals surface area contributed by atoms with Crippen LogP contribution in [0.5, 0.6) is 5.75 Å². The Labute approximate surface area is 111 Å². The molecule has 0 aromatic heterocycles. The fourth-order valence-corrected chi connectivity index (χ4v) is 2.22. The zero-order valence-corrected chi connectivity index (χ0v) is 10.6. The molecule has 0 heterocycles. The average molecular weight is 263 g/mol. The quantitative estimate of drug-likeness (QED) is 0.887. The van der Waals surface area contributed by atoms with Gasteiger partial charge in [-0.2, -0.15) is 0 Å². The van der Waals surface area contributed by atoms with Crippen LogP contribution in [0.4, 0.5) is 0 Å². The first kappa shape index (κ1) is 12.9. The maximum Gasteiger partial charge on any atom is 0.115 e. The molecule has 2 rings (SSSR count). The third-order valence-corrected chi connectivity index (χ3v) is 3.17. The van der Waals surface area contributed by atoms with Crippen molar-refractivity contribution in [3.05, 3.63) is 64.7 Å². The van der Waals surface area contributed by atoms with Gasteiger partial charge in [0.2, 0.25) is 0 Å². The molecule has 0 aliphatic rings. The van der Waals surface area contributed by atoms with Crippen molar-refractivity contribution in [1.82, 2.24) is 0 Å². The third-order valence-electron chi connectivity index (χ3n) is 2.93. The van der Waals surface area contributed by atoms with Crippen molar-refractivity contribution in [2.45, 2.75) is 12.3 Å². The highest BCUT2D eigenvalue weighted by atomic mass is 35.5. The summed E-state index contributed by atoms with van der Waals surface area (Å²) in [5.74, 6) is 0.237. The normalized spacial score (nSPS) is 12.3. The minimum atomic E-state index is -0.00880. The molecule has 1 atom stereocenters. The van der Waals surface area contributed by atoms with Gasteiger partial charge in [-0.05, 0) is 41.8 Å². The van der Waals surface area contributed by atoms with Crippen LogP contribution in [0.15, 0.2) is 48.5 Å². The number of phenolic OH excluding ortho intramolecular Hbond substituents is 1. The Morgan fingerprint density at radius 1 is 1.06 bits per heavy atom. The molecule has 2 aromatic carbocycles. The molecule has 0 radical (unpaired) electrons. The van der Waals surface area contributed by atoms with Gasteiger partial charge in [-0.3, -0.25) is 0 Å². The van der Waals surface area contributed by atoms with Gasteiger partial charge in [0.25, 0.3) is 0 Å². The molecule has 0 saturated heterocycles. The number of rotatable bonds is 4. The number of aliphatic hydroxyl groups excluding tert-OH is 1. The Morgan fingerprint density at radius 3 is 2.50 bits per heavy atom. The van der Waals surface area contributed by atoms with Crippen LogP contribution in [-0.4, -0.2) is 16.8 Å². The van der Waals surface area contributed by atoms with Gasteiger partial charge in [0.05, 0.1) is 6.61 Å². The minimum absolute atomic E-state index is 0.00880. The Hall–Kier alpha value is -1.51. The fraction of sp³-hybridized carbons (Fsp3) is 0.200. The first-order chi connectivity index (χ1) is 8.69. The van der Waals surface area contributed by atoms with Crippen molar-refractivity contribution in [2.75, 3.05) is 6.61 Å². The van der Waals surface area contributed by atoms with E-state index >= 15 is 0 Å². The number of hydrogen-bond acceptors (Lipinski definition) is 2. The van der Waals surface area contributed by atoms with Crippen molar-refractivity contribution in [3.63, 3.8) is 0 Å². The summed E-state index contributed by atoms with van der Waals surface area (Å²) in [6.45, 7) is 0.0516. The summed E-state index contributed by atoms with van der Waals surface area (Å²) >= 11 is 5.95. The highest BCUT2D eigenvalue weighted by Crippen LogP contribution is 2.24. The maximum absolute atomic E-state index is 9.50. The molecule has 3 heteroatoms. The molecule has 94 valence electrons. The Morgan fingerprint density at radius 2 is 1.83 bits per heavy atom. The predicted octanol–water partition coefficient (Wildman–Crippen LogP) is 3.36. The van der Waals surface area contributed by atoms with E-state index in [-0.39, 0.29) is 18.3 Å². The summed E-state index contributed by atoms with van der Waals surface area (Å²) in [6, 6.07) is 14.6. The number of halogens is 1. The van der Waals surface area contributed by atoms with E-state index in [9.17, 15) is 10.2 Å². The maximum atomic E-state index is 9.50. The van der Waals surface area contributed by atoms with Gasteiger partial charge in [-0.25, -0.2) is 0 Å². The molecule has 1 unspecified atom stereocenters. The molecule has 0 bridgehead atoms. The van der Waals surface area contributed by atoms with Crippen LogP contribution in [0.25, 0.3) is 0 Å². The molecule has 2 N–H and O–H groups in total. The Kier molecular flexibility index (Phi) is 4.24. The largest absolute Gasteiger partial charge is 0.508 e. The van der Waals surface area contributed by atoms with Crippen LogP contribution in [0.2, 0.25) is 5.02 Å². The third kappa shape index (κ3) is 3.25. The van der Waals surface area contributed by atoms with Crippen LogP contribution >= 0.6 is 11.6 Å². The average Bonchev–Trinajstić information content (AvgIpc) is 2.36. The molecule has 0 aliphatic heterocycles. The van der Waals surface area contributed by atoms with Crippen molar-refractivity contribution < 1.29 is 10.2 Å². The van der Waals surface area contributed by atoms with Gasteiger partial charge in [0.1, 0.15) is 5.75 Å². The molecule has 18 heavy (non-hydrogen) atoms. The molecule has 2 aromatic rings. The van der Waals surface area contributed by atoms with E-state index in [1.165, 1.54) is 0 Å². The molecule has 0 fully saturated rings. The lowest BCUT2D eigenvalue weighted by Gasteiger charge is -2.15. The number of aromatic hydroxyl groups is 1. The number of aliphatic hydroxyl groups is 1. The number of hydrogen-bond donors (Lipinski definition) is 2. The van der Waals surface area contributed by atoms with E-state index < -0.39 is 0 Å². The van der Waals surface area contributed by atoms with Crippen molar-refractivity contribution >= 4 is 11.6 Å². The summed E-state index contributed by atoms with van der Waals surface area (Å²) in [6.07, 6.45) is 0.672. The summed E-state index contributed by atoms with van der Waals surface area (Å²) in [5, 5.41) is 19.6. The molecule has 0 aliphatic carbocycles. The molecule has 0 amide bonds. The second kappa shape index (κ2) is 5.89. The zero-order valence-electron chi connectivity index (χ0n) is 9.88. The van der Waals surface area contributed by atoms with Gasteiger partial charge >= 0.3 is 0 Å².